The molecule has 0 radical (unpaired) electrons. The maximum absolute atomic E-state index is 12.1. The molecule has 1 aromatic carbocycles. The lowest BCUT2D eigenvalue weighted by atomic mass is 10.1. The van der Waals surface area contributed by atoms with Gasteiger partial charge in [-0.15, -0.1) is 11.8 Å². The number of amides is 2. The van der Waals surface area contributed by atoms with E-state index < -0.39 is 0 Å². The summed E-state index contributed by atoms with van der Waals surface area (Å²) in [5, 5.41) is -0.221. The van der Waals surface area contributed by atoms with Crippen molar-refractivity contribution in [2.45, 2.75) is 30.4 Å². The van der Waals surface area contributed by atoms with E-state index in [1.165, 1.54) is 23.6 Å². The van der Waals surface area contributed by atoms with Crippen LogP contribution in [0.1, 0.15) is 19.4 Å². The van der Waals surface area contributed by atoms with Crippen molar-refractivity contribution in [1.82, 2.24) is 0 Å². The summed E-state index contributed by atoms with van der Waals surface area (Å²) in [6, 6.07) is 5.85. The quantitative estimate of drug-likeness (QED) is 0.880. The van der Waals surface area contributed by atoms with Crippen LogP contribution in [0.2, 0.25) is 0 Å². The SMILES string of the molecule is CC(=O)N1C(=O)C(C)Sc2ccc(CCN)cc21. The molecule has 0 aromatic heterocycles. The molecule has 2 amide bonds. The van der Waals surface area contributed by atoms with E-state index in [1.807, 2.05) is 25.1 Å². The number of benzene rings is 1. The van der Waals surface area contributed by atoms with E-state index in [1.54, 1.807) is 0 Å². The molecule has 0 bridgehead atoms. The van der Waals surface area contributed by atoms with Crippen LogP contribution in [-0.4, -0.2) is 23.6 Å². The van der Waals surface area contributed by atoms with E-state index in [0.29, 0.717) is 12.2 Å². The fourth-order valence-electron chi connectivity index (χ4n) is 2.03. The molecule has 1 aromatic rings. The highest BCUT2D eigenvalue weighted by Crippen LogP contribution is 2.39. The number of thioether (sulfide) groups is 1. The minimum atomic E-state index is -0.238. The monoisotopic (exact) mass is 264 g/mol. The normalized spacial score (nSPS) is 18.7. The van der Waals surface area contributed by atoms with Crippen LogP contribution in [0, 0.1) is 0 Å². The number of nitrogens with zero attached hydrogens (tertiary/aromatic N) is 1. The van der Waals surface area contributed by atoms with Gasteiger partial charge in [0, 0.05) is 11.8 Å². The molecule has 1 aliphatic rings. The Balaban J connectivity index is 2.48. The Labute approximate surface area is 111 Å². The van der Waals surface area contributed by atoms with Crippen LogP contribution in [0.15, 0.2) is 23.1 Å². The lowest BCUT2D eigenvalue weighted by molar-refractivity contribution is -0.125. The standard InChI is InChI=1S/C13H16N2O2S/c1-8-13(17)15(9(2)16)11-7-10(5-6-14)3-4-12(11)18-8/h3-4,7-8H,5-6,14H2,1-2H3. The van der Waals surface area contributed by atoms with Crippen molar-refractivity contribution in [3.63, 3.8) is 0 Å². The molecular weight excluding hydrogens is 248 g/mol. The largest absolute Gasteiger partial charge is 0.330 e. The lowest BCUT2D eigenvalue weighted by Crippen LogP contribution is -2.42. The van der Waals surface area contributed by atoms with Crippen LogP contribution in [0.25, 0.3) is 0 Å². The molecule has 0 spiro atoms. The molecule has 18 heavy (non-hydrogen) atoms. The van der Waals surface area contributed by atoms with Gasteiger partial charge in [-0.1, -0.05) is 6.07 Å². The van der Waals surface area contributed by atoms with Gasteiger partial charge in [-0.25, -0.2) is 4.90 Å². The highest BCUT2D eigenvalue weighted by molar-refractivity contribution is 8.01. The molecular formula is C13H16N2O2S. The van der Waals surface area contributed by atoms with Crippen LogP contribution < -0.4 is 10.6 Å². The third kappa shape index (κ3) is 2.28. The number of carbonyl (C=O) groups excluding carboxylic acids is 2. The van der Waals surface area contributed by atoms with Gasteiger partial charge in [0.1, 0.15) is 0 Å². The second-order valence-corrected chi connectivity index (χ2v) is 5.68. The molecule has 0 saturated heterocycles. The van der Waals surface area contributed by atoms with E-state index in [9.17, 15) is 9.59 Å². The molecule has 2 N–H and O–H groups in total. The Kier molecular flexibility index (Phi) is 3.73. The summed E-state index contributed by atoms with van der Waals surface area (Å²) >= 11 is 1.49. The van der Waals surface area contributed by atoms with Crippen molar-refractivity contribution < 1.29 is 9.59 Å². The Hall–Kier alpha value is -1.33. The smallest absolute Gasteiger partial charge is 0.246 e. The Morgan fingerprint density at radius 1 is 1.50 bits per heavy atom. The number of carbonyl (C=O) groups is 2. The third-order valence-corrected chi connectivity index (χ3v) is 4.04. The topological polar surface area (TPSA) is 63.4 Å². The summed E-state index contributed by atoms with van der Waals surface area (Å²) < 4.78 is 0. The highest BCUT2D eigenvalue weighted by Gasteiger charge is 2.33. The van der Waals surface area contributed by atoms with Crippen LogP contribution in [0.4, 0.5) is 5.69 Å². The Morgan fingerprint density at radius 3 is 2.83 bits per heavy atom. The fourth-order valence-corrected chi connectivity index (χ4v) is 3.03. The van der Waals surface area contributed by atoms with Gasteiger partial charge in [-0.3, -0.25) is 9.59 Å². The molecule has 0 saturated carbocycles. The summed E-state index contributed by atoms with van der Waals surface area (Å²) in [4.78, 5) is 26.0. The maximum Gasteiger partial charge on any atom is 0.246 e. The minimum absolute atomic E-state index is 0.148. The predicted molar refractivity (Wildman–Crippen MR) is 72.7 cm³/mol. The average molecular weight is 264 g/mol. The van der Waals surface area contributed by atoms with Gasteiger partial charge in [0.25, 0.3) is 0 Å². The zero-order chi connectivity index (χ0) is 13.3. The zero-order valence-electron chi connectivity index (χ0n) is 10.5. The van der Waals surface area contributed by atoms with Gasteiger partial charge in [0.2, 0.25) is 11.8 Å². The van der Waals surface area contributed by atoms with Gasteiger partial charge < -0.3 is 5.73 Å². The summed E-state index contributed by atoms with van der Waals surface area (Å²) in [6.07, 6.45) is 0.743. The van der Waals surface area contributed by atoms with E-state index in [2.05, 4.69) is 0 Å². The maximum atomic E-state index is 12.1. The van der Waals surface area contributed by atoms with Crippen molar-refractivity contribution in [3.8, 4) is 0 Å². The highest BCUT2D eigenvalue weighted by atomic mass is 32.2. The average Bonchev–Trinajstić information content (AvgIpc) is 2.31. The van der Waals surface area contributed by atoms with E-state index in [4.69, 9.17) is 5.73 Å². The van der Waals surface area contributed by atoms with Crippen LogP contribution >= 0.6 is 11.8 Å². The molecule has 0 fully saturated rings. The first-order valence-electron chi connectivity index (χ1n) is 5.88. The molecule has 4 nitrogen and oxygen atoms in total. The van der Waals surface area contributed by atoms with Crippen LogP contribution in [0.3, 0.4) is 0 Å². The molecule has 0 aliphatic carbocycles. The van der Waals surface area contributed by atoms with Gasteiger partial charge in [-0.05, 0) is 37.6 Å². The third-order valence-electron chi connectivity index (χ3n) is 2.88. The number of hydrogen-bond donors (Lipinski definition) is 1. The molecule has 1 atom stereocenters. The first-order valence-corrected chi connectivity index (χ1v) is 6.76. The molecule has 1 aliphatic heterocycles. The van der Waals surface area contributed by atoms with Gasteiger partial charge in [-0.2, -0.15) is 0 Å². The van der Waals surface area contributed by atoms with Gasteiger partial charge in [0.15, 0.2) is 0 Å². The minimum Gasteiger partial charge on any atom is -0.330 e. The zero-order valence-corrected chi connectivity index (χ0v) is 11.3. The van der Waals surface area contributed by atoms with Crippen molar-refractivity contribution in [2.24, 2.45) is 5.73 Å². The van der Waals surface area contributed by atoms with Crippen molar-refractivity contribution >= 4 is 29.3 Å². The first kappa shape index (κ1) is 13.1. The van der Waals surface area contributed by atoms with Crippen LogP contribution in [0.5, 0.6) is 0 Å². The number of fused-ring (bicyclic) bond motifs is 1. The van der Waals surface area contributed by atoms with Crippen molar-refractivity contribution in [3.05, 3.63) is 23.8 Å². The predicted octanol–water partition coefficient (Wildman–Crippen LogP) is 1.56. The van der Waals surface area contributed by atoms with E-state index >= 15 is 0 Å². The molecule has 1 unspecified atom stereocenters. The van der Waals surface area contributed by atoms with E-state index in [-0.39, 0.29) is 17.1 Å². The Bertz CT molecular complexity index is 502. The summed E-state index contributed by atoms with van der Waals surface area (Å²) in [5.41, 5.74) is 7.27. The second-order valence-electron chi connectivity index (χ2n) is 4.29. The van der Waals surface area contributed by atoms with Gasteiger partial charge in [0.05, 0.1) is 10.9 Å². The molecule has 96 valence electrons. The van der Waals surface area contributed by atoms with Crippen LogP contribution in [-0.2, 0) is 16.0 Å². The Morgan fingerprint density at radius 2 is 2.22 bits per heavy atom. The number of nitrogens with two attached hydrogens (primary N) is 1. The van der Waals surface area contributed by atoms with Gasteiger partial charge >= 0.3 is 0 Å². The number of anilines is 1. The number of imide groups is 1. The first-order chi connectivity index (χ1) is 8.54. The molecule has 1 heterocycles. The summed E-state index contributed by atoms with van der Waals surface area (Å²) in [7, 11) is 0. The lowest BCUT2D eigenvalue weighted by Gasteiger charge is -2.30. The number of rotatable bonds is 2. The molecule has 2 rings (SSSR count). The van der Waals surface area contributed by atoms with E-state index in [0.717, 1.165) is 16.9 Å². The number of hydrogen-bond acceptors (Lipinski definition) is 4. The summed E-state index contributed by atoms with van der Waals surface area (Å²) in [5.74, 6) is -0.386. The second kappa shape index (κ2) is 5.12. The summed E-state index contributed by atoms with van der Waals surface area (Å²) in [6.45, 7) is 3.79. The van der Waals surface area contributed by atoms with Crippen molar-refractivity contribution in [1.29, 1.82) is 0 Å². The fraction of sp³-hybridized carbons (Fsp3) is 0.385. The van der Waals surface area contributed by atoms with Crippen molar-refractivity contribution in [2.75, 3.05) is 11.4 Å². The molecule has 5 heteroatoms.